The van der Waals surface area contributed by atoms with E-state index in [9.17, 15) is 4.79 Å². The van der Waals surface area contributed by atoms with Crippen molar-refractivity contribution in [3.63, 3.8) is 0 Å². The van der Waals surface area contributed by atoms with Crippen LogP contribution in [0.4, 0.5) is 5.69 Å². The van der Waals surface area contributed by atoms with Crippen molar-refractivity contribution in [2.24, 2.45) is 5.92 Å². The summed E-state index contributed by atoms with van der Waals surface area (Å²) in [6, 6.07) is 29.0. The maximum Gasteiger partial charge on any atom is 0.414 e. The van der Waals surface area contributed by atoms with Gasteiger partial charge in [0.1, 0.15) is 5.75 Å². The number of rotatable bonds is 6. The number of ketones is 1. The molecule has 0 amide bonds. The van der Waals surface area contributed by atoms with Crippen LogP contribution in [-0.4, -0.2) is 72.7 Å². The standard InChI is InChI=1S/C29H32N2O2.C2H2O4/c1-33-27-15-9-8-14-26(27)31-20-18-30(19-21-31)22-23-16-17-29(28(23)32,24-10-4-2-5-11-24)25-12-6-3-7-13-25;3-1(4)2(5)6/h2-15,23H,16-22H2,1H3;(H,3,4)(H,5,6). The van der Waals surface area contributed by atoms with Crippen LogP contribution in [0.15, 0.2) is 84.9 Å². The Morgan fingerprint density at radius 3 is 1.85 bits per heavy atom. The highest BCUT2D eigenvalue weighted by Gasteiger charge is 2.50. The zero-order valence-electron chi connectivity index (χ0n) is 22.0. The van der Waals surface area contributed by atoms with Crippen molar-refractivity contribution >= 4 is 23.4 Å². The summed E-state index contributed by atoms with van der Waals surface area (Å²) in [6.45, 7) is 4.67. The molecule has 2 aliphatic rings. The van der Waals surface area contributed by atoms with Crippen molar-refractivity contribution in [2.75, 3.05) is 44.7 Å². The Bertz CT molecular complexity index is 1220. The van der Waals surface area contributed by atoms with Gasteiger partial charge in [0.25, 0.3) is 0 Å². The van der Waals surface area contributed by atoms with Gasteiger partial charge in [0.2, 0.25) is 0 Å². The van der Waals surface area contributed by atoms with Gasteiger partial charge in [-0.2, -0.15) is 0 Å². The Hall–Kier alpha value is -4.17. The summed E-state index contributed by atoms with van der Waals surface area (Å²) in [7, 11) is 1.73. The van der Waals surface area contributed by atoms with Crippen LogP contribution in [0.3, 0.4) is 0 Å². The van der Waals surface area contributed by atoms with E-state index in [1.165, 1.54) is 0 Å². The van der Waals surface area contributed by atoms with E-state index in [-0.39, 0.29) is 5.92 Å². The number of ether oxygens (including phenoxy) is 1. The van der Waals surface area contributed by atoms with Crippen LogP contribution < -0.4 is 9.64 Å². The van der Waals surface area contributed by atoms with E-state index < -0.39 is 17.4 Å². The first-order valence-electron chi connectivity index (χ1n) is 13.1. The van der Waals surface area contributed by atoms with E-state index >= 15 is 0 Å². The molecule has 1 aliphatic carbocycles. The maximum atomic E-state index is 14.0. The lowest BCUT2D eigenvalue weighted by atomic mass is 9.72. The fourth-order valence-corrected chi connectivity index (χ4v) is 5.73. The summed E-state index contributed by atoms with van der Waals surface area (Å²) < 4.78 is 5.55. The lowest BCUT2D eigenvalue weighted by Crippen LogP contribution is -2.49. The number of anilines is 1. The number of carbonyl (C=O) groups excluding carboxylic acids is 1. The number of methoxy groups -OCH3 is 1. The highest BCUT2D eigenvalue weighted by molar-refractivity contribution is 6.27. The predicted molar refractivity (Wildman–Crippen MR) is 148 cm³/mol. The number of aliphatic carboxylic acids is 2. The normalized spacial score (nSPS) is 18.6. The summed E-state index contributed by atoms with van der Waals surface area (Å²) in [5.41, 5.74) is 2.89. The molecule has 5 rings (SSSR count). The first kappa shape index (κ1) is 27.9. The minimum Gasteiger partial charge on any atom is -0.495 e. The van der Waals surface area contributed by atoms with Crippen molar-refractivity contribution in [2.45, 2.75) is 18.3 Å². The Morgan fingerprint density at radius 2 is 1.33 bits per heavy atom. The van der Waals surface area contributed by atoms with Gasteiger partial charge in [-0.3, -0.25) is 9.69 Å². The maximum absolute atomic E-state index is 14.0. The van der Waals surface area contributed by atoms with Gasteiger partial charge in [-0.1, -0.05) is 72.8 Å². The minimum absolute atomic E-state index is 0.0724. The Labute approximate surface area is 228 Å². The predicted octanol–water partition coefficient (Wildman–Crippen LogP) is 3.94. The summed E-state index contributed by atoms with van der Waals surface area (Å²) in [6.07, 6.45) is 1.82. The van der Waals surface area contributed by atoms with Crippen molar-refractivity contribution < 1.29 is 29.3 Å². The molecule has 1 aliphatic heterocycles. The lowest BCUT2D eigenvalue weighted by molar-refractivity contribution is -0.159. The molecule has 0 bridgehead atoms. The summed E-state index contributed by atoms with van der Waals surface area (Å²) >= 11 is 0. The second kappa shape index (κ2) is 12.6. The van der Waals surface area contributed by atoms with Gasteiger partial charge >= 0.3 is 11.9 Å². The number of carboxylic acids is 2. The van der Waals surface area contributed by atoms with Crippen molar-refractivity contribution in [3.8, 4) is 5.75 Å². The Kier molecular flexibility index (Phi) is 8.99. The molecular weight excluding hydrogens is 496 g/mol. The van der Waals surface area contributed by atoms with Gasteiger partial charge in [-0.25, -0.2) is 9.59 Å². The quantitative estimate of drug-likeness (QED) is 0.462. The average molecular weight is 531 g/mol. The third-order valence-electron chi connectivity index (χ3n) is 7.65. The topological polar surface area (TPSA) is 107 Å². The van der Waals surface area contributed by atoms with Crippen LogP contribution in [0.25, 0.3) is 0 Å². The van der Waals surface area contributed by atoms with Gasteiger partial charge in [0.15, 0.2) is 5.78 Å². The molecule has 0 spiro atoms. The zero-order valence-corrected chi connectivity index (χ0v) is 22.0. The van der Waals surface area contributed by atoms with Crippen LogP contribution >= 0.6 is 0 Å². The molecule has 0 aromatic heterocycles. The van der Waals surface area contributed by atoms with Crippen molar-refractivity contribution in [1.29, 1.82) is 0 Å². The smallest absolute Gasteiger partial charge is 0.414 e. The molecule has 8 heteroatoms. The van der Waals surface area contributed by atoms with Crippen LogP contribution in [0.5, 0.6) is 5.75 Å². The molecule has 39 heavy (non-hydrogen) atoms. The molecule has 204 valence electrons. The van der Waals surface area contributed by atoms with Crippen LogP contribution in [0, 0.1) is 5.92 Å². The van der Waals surface area contributed by atoms with E-state index in [2.05, 4.69) is 70.5 Å². The van der Waals surface area contributed by atoms with Crippen molar-refractivity contribution in [3.05, 3.63) is 96.1 Å². The molecule has 1 atom stereocenters. The van der Waals surface area contributed by atoms with Crippen LogP contribution in [-0.2, 0) is 19.8 Å². The van der Waals surface area contributed by atoms with Gasteiger partial charge < -0.3 is 19.8 Å². The SMILES string of the molecule is COc1ccccc1N1CCN(CC2CCC(c3ccccc3)(c3ccccc3)C2=O)CC1.O=C(O)C(=O)O. The minimum atomic E-state index is -1.82. The van der Waals surface area contributed by atoms with E-state index in [0.717, 1.165) is 68.1 Å². The molecule has 1 saturated carbocycles. The average Bonchev–Trinajstić information content (AvgIpc) is 3.31. The highest BCUT2D eigenvalue weighted by Crippen LogP contribution is 2.46. The number of para-hydroxylation sites is 2. The fourth-order valence-electron chi connectivity index (χ4n) is 5.73. The molecule has 2 N–H and O–H groups in total. The zero-order chi connectivity index (χ0) is 27.8. The van der Waals surface area contributed by atoms with E-state index in [1.54, 1.807) is 7.11 Å². The number of carbonyl (C=O) groups is 3. The summed E-state index contributed by atoms with van der Waals surface area (Å²) in [4.78, 5) is 37.1. The number of benzene rings is 3. The second-order valence-corrected chi connectivity index (χ2v) is 9.81. The molecule has 1 saturated heterocycles. The second-order valence-electron chi connectivity index (χ2n) is 9.81. The summed E-state index contributed by atoms with van der Waals surface area (Å²) in [5.74, 6) is -2.27. The third kappa shape index (κ3) is 6.12. The Morgan fingerprint density at radius 1 is 0.821 bits per heavy atom. The molecule has 2 fully saturated rings. The van der Waals surface area contributed by atoms with Crippen LogP contribution in [0.1, 0.15) is 24.0 Å². The number of piperazine rings is 1. The molecule has 0 radical (unpaired) electrons. The molecule has 3 aromatic rings. The van der Waals surface area contributed by atoms with Crippen molar-refractivity contribution in [1.82, 2.24) is 4.90 Å². The van der Waals surface area contributed by atoms with Crippen LogP contribution in [0.2, 0.25) is 0 Å². The van der Waals surface area contributed by atoms with Gasteiger partial charge in [-0.05, 0) is 36.1 Å². The number of hydrogen-bond donors (Lipinski definition) is 2. The van der Waals surface area contributed by atoms with Gasteiger partial charge in [0, 0.05) is 38.6 Å². The van der Waals surface area contributed by atoms with E-state index in [0.29, 0.717) is 5.78 Å². The molecule has 3 aromatic carbocycles. The molecule has 8 nitrogen and oxygen atoms in total. The Balaban J connectivity index is 0.000000531. The molecule has 1 unspecified atom stereocenters. The first-order chi connectivity index (χ1) is 18.9. The number of carboxylic acid groups (broad SMARTS) is 2. The van der Waals surface area contributed by atoms with E-state index in [1.807, 2.05) is 24.3 Å². The first-order valence-corrected chi connectivity index (χ1v) is 13.1. The fraction of sp³-hybridized carbons (Fsp3) is 0.323. The van der Waals surface area contributed by atoms with E-state index in [4.69, 9.17) is 24.5 Å². The lowest BCUT2D eigenvalue weighted by Gasteiger charge is -2.37. The summed E-state index contributed by atoms with van der Waals surface area (Å²) in [5, 5.41) is 14.8. The number of nitrogens with zero attached hydrogens (tertiary/aromatic N) is 2. The largest absolute Gasteiger partial charge is 0.495 e. The monoisotopic (exact) mass is 530 g/mol. The molecule has 1 heterocycles. The highest BCUT2D eigenvalue weighted by atomic mass is 16.5. The van der Waals surface area contributed by atoms with Gasteiger partial charge in [-0.15, -0.1) is 0 Å². The number of hydrogen-bond acceptors (Lipinski definition) is 6. The third-order valence-corrected chi connectivity index (χ3v) is 7.65. The number of Topliss-reactive ketones (excluding diaryl/α,β-unsaturated/α-hetero) is 1. The van der Waals surface area contributed by atoms with Gasteiger partial charge in [0.05, 0.1) is 18.2 Å². The molecular formula is C31H34N2O6.